The van der Waals surface area contributed by atoms with Crippen LogP contribution >= 0.6 is 0 Å². The lowest BCUT2D eigenvalue weighted by atomic mass is 9.80. The van der Waals surface area contributed by atoms with Crippen LogP contribution in [-0.2, 0) is 10.3 Å². The van der Waals surface area contributed by atoms with Crippen molar-refractivity contribution in [2.75, 3.05) is 13.4 Å². The Labute approximate surface area is 148 Å². The van der Waals surface area contributed by atoms with Crippen LogP contribution in [0.25, 0.3) is 0 Å². The van der Waals surface area contributed by atoms with E-state index in [0.29, 0.717) is 17.9 Å². The number of hydrogen-bond donors (Lipinski definition) is 1. The molecular formula is C22H22O3. The zero-order valence-electron chi connectivity index (χ0n) is 14.3. The molecule has 3 nitrogen and oxygen atoms in total. The molecular weight excluding hydrogens is 312 g/mol. The van der Waals surface area contributed by atoms with Crippen LogP contribution in [0.15, 0.2) is 84.9 Å². The maximum atomic E-state index is 11.8. The van der Waals surface area contributed by atoms with Gasteiger partial charge in [-0.3, -0.25) is 0 Å². The molecule has 0 bridgehead atoms. The molecule has 0 aromatic heterocycles. The molecule has 0 aliphatic rings. The van der Waals surface area contributed by atoms with Crippen LogP contribution in [-0.4, -0.2) is 18.5 Å². The van der Waals surface area contributed by atoms with Gasteiger partial charge in [-0.15, -0.1) is 0 Å². The van der Waals surface area contributed by atoms with E-state index in [-0.39, 0.29) is 6.79 Å². The van der Waals surface area contributed by atoms with Crippen molar-refractivity contribution in [1.82, 2.24) is 0 Å². The first-order chi connectivity index (χ1) is 12.3. The summed E-state index contributed by atoms with van der Waals surface area (Å²) in [6.07, 6.45) is 0. The monoisotopic (exact) mass is 334 g/mol. The van der Waals surface area contributed by atoms with Gasteiger partial charge in [-0.05, 0) is 24.1 Å². The molecule has 0 aliphatic carbocycles. The summed E-state index contributed by atoms with van der Waals surface area (Å²) in [5.74, 6) is 0.603. The number of benzene rings is 3. The van der Waals surface area contributed by atoms with Gasteiger partial charge in [-0.25, -0.2) is 0 Å². The molecule has 128 valence electrons. The maximum Gasteiger partial charge on any atom is 0.189 e. The van der Waals surface area contributed by atoms with Gasteiger partial charge in [0.1, 0.15) is 11.4 Å². The second-order valence-corrected chi connectivity index (χ2v) is 5.69. The van der Waals surface area contributed by atoms with Crippen LogP contribution in [0.1, 0.15) is 23.6 Å². The molecule has 3 heteroatoms. The summed E-state index contributed by atoms with van der Waals surface area (Å²) in [5, 5.41) is 11.8. The average Bonchev–Trinajstić information content (AvgIpc) is 2.69. The molecule has 1 N–H and O–H groups in total. The van der Waals surface area contributed by atoms with Crippen LogP contribution in [0.3, 0.4) is 0 Å². The first-order valence-corrected chi connectivity index (χ1v) is 8.40. The highest BCUT2D eigenvalue weighted by Crippen LogP contribution is 2.40. The fourth-order valence-corrected chi connectivity index (χ4v) is 2.92. The number of aliphatic hydroxyl groups is 1. The molecule has 0 heterocycles. The Bertz CT molecular complexity index is 745. The Balaban J connectivity index is 2.14. The minimum atomic E-state index is -1.31. The van der Waals surface area contributed by atoms with Crippen molar-refractivity contribution in [2.24, 2.45) is 0 Å². The van der Waals surface area contributed by atoms with Gasteiger partial charge in [0.2, 0.25) is 0 Å². The maximum absolute atomic E-state index is 11.8. The van der Waals surface area contributed by atoms with Crippen molar-refractivity contribution < 1.29 is 14.6 Å². The van der Waals surface area contributed by atoms with E-state index in [2.05, 4.69) is 0 Å². The Hall–Kier alpha value is -2.62. The van der Waals surface area contributed by atoms with Crippen LogP contribution in [0, 0.1) is 0 Å². The first-order valence-electron chi connectivity index (χ1n) is 8.40. The van der Waals surface area contributed by atoms with Crippen LogP contribution in [0.2, 0.25) is 0 Å². The van der Waals surface area contributed by atoms with Crippen molar-refractivity contribution in [3.8, 4) is 5.75 Å². The van der Waals surface area contributed by atoms with Crippen LogP contribution < -0.4 is 4.74 Å². The molecule has 0 radical (unpaired) electrons. The summed E-state index contributed by atoms with van der Waals surface area (Å²) in [6, 6.07) is 26.8. The minimum Gasteiger partial charge on any atom is -0.467 e. The third-order valence-corrected chi connectivity index (χ3v) is 4.16. The molecule has 0 spiro atoms. The predicted molar refractivity (Wildman–Crippen MR) is 98.5 cm³/mol. The largest absolute Gasteiger partial charge is 0.467 e. The average molecular weight is 334 g/mol. The van der Waals surface area contributed by atoms with Crippen molar-refractivity contribution in [1.29, 1.82) is 0 Å². The Kier molecular flexibility index (Phi) is 5.49. The van der Waals surface area contributed by atoms with E-state index in [1.807, 2.05) is 91.9 Å². The molecule has 0 saturated carbocycles. The number of para-hydroxylation sites is 1. The molecule has 0 amide bonds. The van der Waals surface area contributed by atoms with E-state index in [0.717, 1.165) is 11.1 Å². The lowest BCUT2D eigenvalue weighted by Crippen LogP contribution is -2.29. The zero-order valence-corrected chi connectivity index (χ0v) is 14.3. The van der Waals surface area contributed by atoms with Gasteiger partial charge in [-0.1, -0.05) is 78.9 Å². The van der Waals surface area contributed by atoms with Gasteiger partial charge in [0.15, 0.2) is 6.79 Å². The van der Waals surface area contributed by atoms with Crippen LogP contribution in [0.4, 0.5) is 0 Å². The molecule has 0 saturated heterocycles. The molecule has 0 aliphatic heterocycles. The topological polar surface area (TPSA) is 38.7 Å². The summed E-state index contributed by atoms with van der Waals surface area (Å²) in [6.45, 7) is 2.64. The summed E-state index contributed by atoms with van der Waals surface area (Å²) in [4.78, 5) is 0. The molecule has 25 heavy (non-hydrogen) atoms. The number of hydrogen-bond acceptors (Lipinski definition) is 3. The minimum absolute atomic E-state index is 0.146. The van der Waals surface area contributed by atoms with Gasteiger partial charge in [0.25, 0.3) is 0 Å². The second kappa shape index (κ2) is 7.97. The molecule has 3 aromatic carbocycles. The second-order valence-electron chi connectivity index (χ2n) is 5.69. The van der Waals surface area contributed by atoms with E-state index in [1.165, 1.54) is 0 Å². The molecule has 0 fully saturated rings. The fraction of sp³-hybridized carbons (Fsp3) is 0.182. The normalized spacial score (nSPS) is 11.3. The van der Waals surface area contributed by atoms with E-state index in [9.17, 15) is 5.11 Å². The summed E-state index contributed by atoms with van der Waals surface area (Å²) >= 11 is 0. The molecule has 0 atom stereocenters. The number of ether oxygens (including phenoxy) is 2. The summed E-state index contributed by atoms with van der Waals surface area (Å²) in [7, 11) is 0. The first kappa shape index (κ1) is 17.2. The fourth-order valence-electron chi connectivity index (χ4n) is 2.92. The number of rotatable bonds is 7. The molecule has 0 unspecified atom stereocenters. The Morgan fingerprint density at radius 2 is 1.28 bits per heavy atom. The van der Waals surface area contributed by atoms with Crippen LogP contribution in [0.5, 0.6) is 5.75 Å². The SMILES string of the molecule is CCOCOc1ccccc1C(O)(c1ccccc1)c1ccccc1. The van der Waals surface area contributed by atoms with Crippen molar-refractivity contribution in [3.05, 3.63) is 102 Å². The van der Waals surface area contributed by atoms with Gasteiger partial charge < -0.3 is 14.6 Å². The quantitative estimate of drug-likeness (QED) is 0.397. The summed E-state index contributed by atoms with van der Waals surface area (Å²) in [5.41, 5.74) is 0.945. The third kappa shape index (κ3) is 3.58. The predicted octanol–water partition coefficient (Wildman–Crippen LogP) is 4.34. The van der Waals surface area contributed by atoms with E-state index < -0.39 is 5.60 Å². The lowest BCUT2D eigenvalue weighted by molar-refractivity contribution is 0.0188. The van der Waals surface area contributed by atoms with Crippen molar-refractivity contribution in [3.63, 3.8) is 0 Å². The van der Waals surface area contributed by atoms with E-state index >= 15 is 0 Å². The molecule has 3 aromatic rings. The van der Waals surface area contributed by atoms with Gasteiger partial charge in [0.05, 0.1) is 0 Å². The highest BCUT2D eigenvalue weighted by molar-refractivity contribution is 5.52. The Morgan fingerprint density at radius 3 is 1.84 bits per heavy atom. The third-order valence-electron chi connectivity index (χ3n) is 4.16. The smallest absolute Gasteiger partial charge is 0.189 e. The Morgan fingerprint density at radius 1 is 0.760 bits per heavy atom. The zero-order chi connectivity index (χ0) is 17.5. The van der Waals surface area contributed by atoms with Gasteiger partial charge in [-0.2, -0.15) is 0 Å². The summed E-state index contributed by atoms with van der Waals surface area (Å²) < 4.78 is 11.1. The highest BCUT2D eigenvalue weighted by Gasteiger charge is 2.36. The van der Waals surface area contributed by atoms with E-state index in [1.54, 1.807) is 0 Å². The standard InChI is InChI=1S/C22H22O3/c1-2-24-17-25-21-16-10-9-15-20(21)22(23,18-11-5-3-6-12-18)19-13-7-4-8-14-19/h3-16,23H,2,17H2,1H3. The van der Waals surface area contributed by atoms with Crippen molar-refractivity contribution >= 4 is 0 Å². The molecule has 3 rings (SSSR count). The van der Waals surface area contributed by atoms with Gasteiger partial charge in [0, 0.05) is 12.2 Å². The van der Waals surface area contributed by atoms with Crippen molar-refractivity contribution in [2.45, 2.75) is 12.5 Å². The lowest BCUT2D eigenvalue weighted by Gasteiger charge is -2.31. The highest BCUT2D eigenvalue weighted by atomic mass is 16.7. The van der Waals surface area contributed by atoms with E-state index in [4.69, 9.17) is 9.47 Å². The van der Waals surface area contributed by atoms with Gasteiger partial charge >= 0.3 is 0 Å².